The fourth-order valence-corrected chi connectivity index (χ4v) is 1.90. The summed E-state index contributed by atoms with van der Waals surface area (Å²) in [5.41, 5.74) is 1.66. The highest BCUT2D eigenvalue weighted by molar-refractivity contribution is 5.61. The molecule has 0 atom stereocenters. The van der Waals surface area contributed by atoms with Gasteiger partial charge in [-0.2, -0.15) is 0 Å². The molecule has 0 bridgehead atoms. The number of hydrogen-bond donors (Lipinski definition) is 0. The molecule has 0 saturated carbocycles. The molecule has 2 rings (SSSR count). The average Bonchev–Trinajstić information content (AvgIpc) is 2.53. The van der Waals surface area contributed by atoms with Gasteiger partial charge in [-0.1, -0.05) is 38.1 Å². The van der Waals surface area contributed by atoms with Gasteiger partial charge in [-0.15, -0.1) is 0 Å². The molecule has 1 radical (unpaired) electrons. The van der Waals surface area contributed by atoms with Crippen LogP contribution in [0.15, 0.2) is 48.5 Å². The molecule has 0 saturated heterocycles. The third kappa shape index (κ3) is 4.42. The van der Waals surface area contributed by atoms with E-state index in [1.807, 2.05) is 48.5 Å². The first kappa shape index (κ1) is 15.2. The second-order valence-corrected chi connectivity index (χ2v) is 4.74. The average molecular weight is 284 g/mol. The Labute approximate surface area is 126 Å². The molecule has 0 fully saturated rings. The van der Waals surface area contributed by atoms with Crippen molar-refractivity contribution >= 4 is 11.4 Å². The maximum absolute atomic E-state index is 5.74. The predicted octanol–water partition coefficient (Wildman–Crippen LogP) is 4.83. The molecule has 21 heavy (non-hydrogen) atoms. The first-order chi connectivity index (χ1) is 10.3. The Morgan fingerprint density at radius 3 is 1.57 bits per heavy atom. The Morgan fingerprint density at radius 1 is 0.714 bits per heavy atom. The summed E-state index contributed by atoms with van der Waals surface area (Å²) < 4.78 is 11.5. The van der Waals surface area contributed by atoms with Crippen LogP contribution in [0.1, 0.15) is 26.7 Å². The van der Waals surface area contributed by atoms with E-state index in [-0.39, 0.29) is 0 Å². The van der Waals surface area contributed by atoms with Crippen molar-refractivity contribution in [3.8, 4) is 11.5 Å². The molecule has 2 aromatic carbocycles. The molecule has 0 heterocycles. The normalized spacial score (nSPS) is 10.2. The number of nitrogens with zero attached hydrogens (tertiary/aromatic N) is 1. The summed E-state index contributed by atoms with van der Waals surface area (Å²) in [7, 11) is 0. The lowest BCUT2D eigenvalue weighted by atomic mass is 10.2. The van der Waals surface area contributed by atoms with E-state index in [1.54, 1.807) is 0 Å². The fourth-order valence-electron chi connectivity index (χ4n) is 1.90. The lowest BCUT2D eigenvalue weighted by molar-refractivity contribution is 0.315. The van der Waals surface area contributed by atoms with E-state index in [9.17, 15) is 0 Å². The van der Waals surface area contributed by atoms with Crippen LogP contribution in [0.3, 0.4) is 0 Å². The van der Waals surface area contributed by atoms with Crippen molar-refractivity contribution in [3.63, 3.8) is 0 Å². The quantitative estimate of drug-likeness (QED) is 0.695. The van der Waals surface area contributed by atoms with Crippen LogP contribution in [0.2, 0.25) is 0 Å². The van der Waals surface area contributed by atoms with Crippen molar-refractivity contribution in [3.05, 3.63) is 48.5 Å². The van der Waals surface area contributed by atoms with Crippen LogP contribution in [-0.2, 0) is 0 Å². The number of ether oxygens (including phenoxy) is 2. The Hall–Kier alpha value is -2.16. The van der Waals surface area contributed by atoms with Gasteiger partial charge in [0.15, 0.2) is 0 Å². The Morgan fingerprint density at radius 2 is 1.14 bits per heavy atom. The van der Waals surface area contributed by atoms with Gasteiger partial charge >= 0.3 is 0 Å². The van der Waals surface area contributed by atoms with Crippen LogP contribution in [-0.4, -0.2) is 13.2 Å². The summed E-state index contributed by atoms with van der Waals surface area (Å²) >= 11 is 0. The van der Waals surface area contributed by atoms with Crippen LogP contribution in [0.4, 0.5) is 11.4 Å². The van der Waals surface area contributed by atoms with Crippen LogP contribution < -0.4 is 14.8 Å². The van der Waals surface area contributed by atoms with Gasteiger partial charge in [0, 0.05) is 0 Å². The molecule has 0 amide bonds. The first-order valence-electron chi connectivity index (χ1n) is 7.50. The van der Waals surface area contributed by atoms with E-state index in [0.717, 1.165) is 35.7 Å². The van der Waals surface area contributed by atoms with E-state index in [4.69, 9.17) is 14.8 Å². The monoisotopic (exact) mass is 284 g/mol. The third-order valence-corrected chi connectivity index (χ3v) is 2.89. The lowest BCUT2D eigenvalue weighted by Gasteiger charge is -2.13. The van der Waals surface area contributed by atoms with Gasteiger partial charge in [-0.05, 0) is 37.1 Å². The second-order valence-electron chi connectivity index (χ2n) is 4.74. The summed E-state index contributed by atoms with van der Waals surface area (Å²) in [6, 6.07) is 15.7. The largest absolute Gasteiger partial charge is 0.491 e. The molecule has 0 aliphatic rings. The highest BCUT2D eigenvalue weighted by Crippen LogP contribution is 2.32. The minimum Gasteiger partial charge on any atom is -0.491 e. The summed E-state index contributed by atoms with van der Waals surface area (Å²) in [5, 5.41) is 4.70. The maximum Gasteiger partial charge on any atom is 0.144 e. The van der Waals surface area contributed by atoms with Crippen molar-refractivity contribution in [2.24, 2.45) is 0 Å². The molecule has 0 aromatic heterocycles. The van der Waals surface area contributed by atoms with Crippen molar-refractivity contribution in [1.82, 2.24) is 5.32 Å². The zero-order chi connectivity index (χ0) is 14.9. The van der Waals surface area contributed by atoms with E-state index in [2.05, 4.69) is 13.8 Å². The van der Waals surface area contributed by atoms with Crippen LogP contribution >= 0.6 is 0 Å². The van der Waals surface area contributed by atoms with E-state index in [1.165, 1.54) is 0 Å². The summed E-state index contributed by atoms with van der Waals surface area (Å²) in [6.45, 7) is 5.57. The van der Waals surface area contributed by atoms with Gasteiger partial charge in [-0.3, -0.25) is 0 Å². The van der Waals surface area contributed by atoms with E-state index in [0.29, 0.717) is 13.2 Å². The Kier molecular flexibility index (Phi) is 5.95. The highest BCUT2D eigenvalue weighted by atomic mass is 16.5. The summed E-state index contributed by atoms with van der Waals surface area (Å²) in [4.78, 5) is 0. The number of rotatable bonds is 8. The molecular formula is C18H22NO2. The number of para-hydroxylation sites is 4. The highest BCUT2D eigenvalue weighted by Gasteiger charge is 2.09. The van der Waals surface area contributed by atoms with Gasteiger partial charge in [0.1, 0.15) is 22.9 Å². The fraction of sp³-hybridized carbons (Fsp3) is 0.333. The molecule has 2 aromatic rings. The number of benzene rings is 2. The van der Waals surface area contributed by atoms with Crippen LogP contribution in [0.25, 0.3) is 0 Å². The van der Waals surface area contributed by atoms with E-state index < -0.39 is 0 Å². The van der Waals surface area contributed by atoms with Gasteiger partial charge in [0.25, 0.3) is 0 Å². The smallest absolute Gasteiger partial charge is 0.144 e. The second kappa shape index (κ2) is 8.20. The number of hydrogen-bond acceptors (Lipinski definition) is 2. The molecular weight excluding hydrogens is 262 g/mol. The Balaban J connectivity index is 2.18. The standard InChI is InChI=1S/C18H22NO2/c1-3-13-20-17-11-7-5-9-15(17)19-16-10-6-8-12-18(16)21-14-4-2/h5-12H,3-4,13-14H2,1-2H3. The van der Waals surface area contributed by atoms with Gasteiger partial charge in [-0.25, -0.2) is 5.32 Å². The van der Waals surface area contributed by atoms with Crippen molar-refractivity contribution in [2.45, 2.75) is 26.7 Å². The van der Waals surface area contributed by atoms with Crippen molar-refractivity contribution in [1.29, 1.82) is 0 Å². The third-order valence-electron chi connectivity index (χ3n) is 2.89. The lowest BCUT2D eigenvalue weighted by Crippen LogP contribution is -2.01. The maximum atomic E-state index is 5.74. The van der Waals surface area contributed by atoms with Crippen LogP contribution in [0.5, 0.6) is 11.5 Å². The van der Waals surface area contributed by atoms with Crippen molar-refractivity contribution in [2.75, 3.05) is 13.2 Å². The Bertz CT molecular complexity index is 505. The molecule has 3 heteroatoms. The van der Waals surface area contributed by atoms with Gasteiger partial charge in [0.05, 0.1) is 13.2 Å². The molecule has 0 aliphatic carbocycles. The van der Waals surface area contributed by atoms with Gasteiger partial charge in [0.2, 0.25) is 0 Å². The summed E-state index contributed by atoms with van der Waals surface area (Å²) in [5.74, 6) is 1.62. The molecule has 111 valence electrons. The van der Waals surface area contributed by atoms with Crippen molar-refractivity contribution < 1.29 is 9.47 Å². The molecule has 0 aliphatic heterocycles. The first-order valence-corrected chi connectivity index (χ1v) is 7.50. The topological polar surface area (TPSA) is 32.6 Å². The van der Waals surface area contributed by atoms with Gasteiger partial charge < -0.3 is 9.47 Å². The molecule has 0 spiro atoms. The molecule has 0 N–H and O–H groups in total. The zero-order valence-corrected chi connectivity index (χ0v) is 12.7. The minimum absolute atomic E-state index is 0.695. The minimum atomic E-state index is 0.695. The zero-order valence-electron chi connectivity index (χ0n) is 12.7. The summed E-state index contributed by atoms with van der Waals surface area (Å²) in [6.07, 6.45) is 1.95. The van der Waals surface area contributed by atoms with E-state index >= 15 is 0 Å². The molecule has 0 unspecified atom stereocenters. The van der Waals surface area contributed by atoms with Crippen LogP contribution in [0, 0.1) is 0 Å². The SMILES string of the molecule is CCCOc1ccccc1[N]c1ccccc1OCCC. The predicted molar refractivity (Wildman–Crippen MR) is 85.9 cm³/mol. The molecule has 3 nitrogen and oxygen atoms in total.